The minimum atomic E-state index is -0.953. The minimum Gasteiger partial charge on any atom is -0.490 e. The first-order valence-electron chi connectivity index (χ1n) is 7.01. The molecule has 1 aromatic rings. The number of rotatable bonds is 8. The Bertz CT molecular complexity index is 553. The van der Waals surface area contributed by atoms with Gasteiger partial charge in [0.1, 0.15) is 12.4 Å². The van der Waals surface area contributed by atoms with Crippen LogP contribution < -0.4 is 10.1 Å². The molecule has 0 saturated carbocycles. The van der Waals surface area contributed by atoms with Gasteiger partial charge in [-0.15, -0.1) is 0 Å². The van der Waals surface area contributed by atoms with Crippen LogP contribution in [0.3, 0.4) is 0 Å². The third kappa shape index (κ3) is 6.33. The molecule has 2 amide bonds. The van der Waals surface area contributed by atoms with E-state index in [4.69, 9.17) is 26.2 Å². The van der Waals surface area contributed by atoms with Gasteiger partial charge in [0.05, 0.1) is 17.5 Å². The molecular formula is C15H21ClN2O5. The van der Waals surface area contributed by atoms with E-state index in [1.807, 2.05) is 0 Å². The van der Waals surface area contributed by atoms with Gasteiger partial charge in [-0.1, -0.05) is 18.5 Å². The van der Waals surface area contributed by atoms with Crippen LogP contribution in [0.4, 0.5) is 10.5 Å². The van der Waals surface area contributed by atoms with Crippen molar-refractivity contribution in [2.75, 3.05) is 39.2 Å². The number of anilines is 1. The summed E-state index contributed by atoms with van der Waals surface area (Å²) in [5.74, 6) is -1.11. The van der Waals surface area contributed by atoms with Crippen LogP contribution in [0.1, 0.15) is 6.92 Å². The van der Waals surface area contributed by atoms with Crippen LogP contribution in [0.5, 0.6) is 5.75 Å². The Morgan fingerprint density at radius 2 is 2.09 bits per heavy atom. The van der Waals surface area contributed by atoms with Gasteiger partial charge in [0.15, 0.2) is 0 Å². The number of aliphatic carboxylic acids is 1. The lowest BCUT2D eigenvalue weighted by Gasteiger charge is -2.20. The smallest absolute Gasteiger partial charge is 0.321 e. The highest BCUT2D eigenvalue weighted by Crippen LogP contribution is 2.27. The summed E-state index contributed by atoms with van der Waals surface area (Å²) in [6.45, 7) is 2.46. The molecule has 0 aliphatic rings. The lowest BCUT2D eigenvalue weighted by molar-refractivity contribution is -0.141. The zero-order chi connectivity index (χ0) is 17.4. The number of hydrogen-bond acceptors (Lipinski definition) is 4. The molecule has 0 bridgehead atoms. The highest BCUT2D eigenvalue weighted by Gasteiger charge is 2.17. The highest BCUT2D eigenvalue weighted by molar-refractivity contribution is 6.32. The molecule has 1 unspecified atom stereocenters. The Hall–Kier alpha value is -1.99. The fourth-order valence-corrected chi connectivity index (χ4v) is 1.96. The number of carboxylic acids is 1. The summed E-state index contributed by atoms with van der Waals surface area (Å²) < 4.78 is 10.3. The summed E-state index contributed by atoms with van der Waals surface area (Å²) in [5, 5.41) is 11.9. The number of carbonyl (C=O) groups excluding carboxylic acids is 1. The van der Waals surface area contributed by atoms with Crippen LogP contribution in [-0.2, 0) is 9.53 Å². The van der Waals surface area contributed by atoms with E-state index in [-0.39, 0.29) is 6.54 Å². The number of nitrogens with zero attached hydrogens (tertiary/aromatic N) is 1. The van der Waals surface area contributed by atoms with E-state index >= 15 is 0 Å². The fourth-order valence-electron chi connectivity index (χ4n) is 1.72. The summed E-state index contributed by atoms with van der Waals surface area (Å²) in [4.78, 5) is 24.1. The van der Waals surface area contributed by atoms with Crippen LogP contribution in [0, 0.1) is 5.92 Å². The second-order valence-electron chi connectivity index (χ2n) is 5.04. The number of benzene rings is 1. The van der Waals surface area contributed by atoms with Crippen LogP contribution in [0.25, 0.3) is 0 Å². The molecule has 0 aliphatic heterocycles. The molecule has 7 nitrogen and oxygen atoms in total. The summed E-state index contributed by atoms with van der Waals surface area (Å²) in [6, 6.07) is 4.45. The number of amides is 2. The van der Waals surface area contributed by atoms with Crippen molar-refractivity contribution in [2.45, 2.75) is 6.92 Å². The van der Waals surface area contributed by atoms with Crippen molar-refractivity contribution in [3.8, 4) is 5.75 Å². The van der Waals surface area contributed by atoms with Crippen molar-refractivity contribution >= 4 is 29.3 Å². The van der Waals surface area contributed by atoms with Gasteiger partial charge in [0.25, 0.3) is 0 Å². The molecule has 1 rings (SSSR count). The molecule has 0 spiro atoms. The molecule has 0 aromatic heterocycles. The Labute approximate surface area is 140 Å². The first-order chi connectivity index (χ1) is 10.8. The topological polar surface area (TPSA) is 88.1 Å². The summed E-state index contributed by atoms with van der Waals surface area (Å²) in [5.41, 5.74) is 0.494. The van der Waals surface area contributed by atoms with Gasteiger partial charge in [-0.25, -0.2) is 4.79 Å². The van der Waals surface area contributed by atoms with Gasteiger partial charge in [-0.3, -0.25) is 4.79 Å². The Kier molecular flexibility index (Phi) is 7.64. The van der Waals surface area contributed by atoms with E-state index in [9.17, 15) is 9.59 Å². The fraction of sp³-hybridized carbons (Fsp3) is 0.467. The van der Waals surface area contributed by atoms with Gasteiger partial charge < -0.3 is 24.8 Å². The zero-order valence-electron chi connectivity index (χ0n) is 13.3. The van der Waals surface area contributed by atoms with Crippen LogP contribution in [0.2, 0.25) is 5.02 Å². The van der Waals surface area contributed by atoms with Crippen molar-refractivity contribution in [3.63, 3.8) is 0 Å². The van der Waals surface area contributed by atoms with Crippen LogP contribution >= 0.6 is 11.6 Å². The largest absolute Gasteiger partial charge is 0.490 e. The number of urea groups is 1. The lowest BCUT2D eigenvalue weighted by Crippen LogP contribution is -2.36. The standard InChI is InChI=1S/C15H21ClN2O5/c1-10(14(19)20)9-18(2)15(21)17-11-4-5-13(12(16)8-11)23-7-6-22-3/h4-5,8,10H,6-7,9H2,1-3H3,(H,17,21)(H,19,20). The molecule has 8 heteroatoms. The third-order valence-electron chi connectivity index (χ3n) is 3.04. The number of ether oxygens (including phenoxy) is 2. The predicted molar refractivity (Wildman–Crippen MR) is 87.3 cm³/mol. The van der Waals surface area contributed by atoms with E-state index in [0.717, 1.165) is 0 Å². The van der Waals surface area contributed by atoms with E-state index in [1.165, 1.54) is 18.9 Å². The van der Waals surface area contributed by atoms with Gasteiger partial charge >= 0.3 is 12.0 Å². The molecule has 0 saturated heterocycles. The first kappa shape index (κ1) is 19.1. The summed E-state index contributed by atoms with van der Waals surface area (Å²) in [7, 11) is 3.10. The molecule has 0 aliphatic carbocycles. The van der Waals surface area contributed by atoms with Crippen molar-refractivity contribution in [2.24, 2.45) is 5.92 Å². The van der Waals surface area contributed by atoms with Gasteiger partial charge in [-0.05, 0) is 18.2 Å². The van der Waals surface area contributed by atoms with E-state index < -0.39 is 17.9 Å². The second-order valence-corrected chi connectivity index (χ2v) is 5.44. The van der Waals surface area contributed by atoms with Crippen LogP contribution in [-0.4, -0.2) is 55.9 Å². The molecule has 23 heavy (non-hydrogen) atoms. The Balaban J connectivity index is 2.61. The van der Waals surface area contributed by atoms with E-state index in [1.54, 1.807) is 25.3 Å². The third-order valence-corrected chi connectivity index (χ3v) is 3.34. The van der Waals surface area contributed by atoms with Gasteiger partial charge in [0.2, 0.25) is 0 Å². The first-order valence-corrected chi connectivity index (χ1v) is 7.39. The quantitative estimate of drug-likeness (QED) is 0.707. The molecule has 1 atom stereocenters. The molecule has 0 fully saturated rings. The molecule has 128 valence electrons. The maximum absolute atomic E-state index is 12.0. The number of carboxylic acid groups (broad SMARTS) is 1. The number of hydrogen-bond donors (Lipinski definition) is 2. The average Bonchev–Trinajstić information content (AvgIpc) is 2.49. The second kappa shape index (κ2) is 9.22. The SMILES string of the molecule is COCCOc1ccc(NC(=O)N(C)CC(C)C(=O)O)cc1Cl. The van der Waals surface area contributed by atoms with Crippen LogP contribution in [0.15, 0.2) is 18.2 Å². The summed E-state index contributed by atoms with van der Waals surface area (Å²) >= 11 is 6.09. The van der Waals surface area contributed by atoms with Gasteiger partial charge in [-0.2, -0.15) is 0 Å². The maximum Gasteiger partial charge on any atom is 0.321 e. The molecule has 0 radical (unpaired) electrons. The normalized spacial score (nSPS) is 11.7. The average molecular weight is 345 g/mol. The van der Waals surface area contributed by atoms with Crippen molar-refractivity contribution in [1.82, 2.24) is 4.90 Å². The number of halogens is 1. The molecule has 1 aromatic carbocycles. The molecule has 2 N–H and O–H groups in total. The maximum atomic E-state index is 12.0. The molecule has 0 heterocycles. The van der Waals surface area contributed by atoms with E-state index in [2.05, 4.69) is 5.32 Å². The Morgan fingerprint density at radius 3 is 2.65 bits per heavy atom. The minimum absolute atomic E-state index is 0.104. The van der Waals surface area contributed by atoms with Crippen molar-refractivity contribution in [1.29, 1.82) is 0 Å². The highest BCUT2D eigenvalue weighted by atomic mass is 35.5. The van der Waals surface area contributed by atoms with Gasteiger partial charge in [0, 0.05) is 26.4 Å². The number of methoxy groups -OCH3 is 1. The number of carbonyl (C=O) groups is 2. The zero-order valence-corrected chi connectivity index (χ0v) is 14.1. The van der Waals surface area contributed by atoms with Crippen molar-refractivity contribution < 1.29 is 24.2 Å². The predicted octanol–water partition coefficient (Wildman–Crippen LogP) is 2.55. The lowest BCUT2D eigenvalue weighted by atomic mass is 10.2. The monoisotopic (exact) mass is 344 g/mol. The Morgan fingerprint density at radius 1 is 1.39 bits per heavy atom. The number of nitrogens with one attached hydrogen (secondary N) is 1. The van der Waals surface area contributed by atoms with Crippen molar-refractivity contribution in [3.05, 3.63) is 23.2 Å². The summed E-state index contributed by atoms with van der Waals surface area (Å²) in [6.07, 6.45) is 0. The van der Waals surface area contributed by atoms with E-state index in [0.29, 0.717) is 29.7 Å². The molecular weight excluding hydrogens is 324 g/mol.